The van der Waals surface area contributed by atoms with Gasteiger partial charge in [-0.2, -0.15) is 8.78 Å². The number of hydrogen-bond donors (Lipinski definition) is 2. The molecule has 0 aromatic carbocycles. The molecule has 17 heavy (non-hydrogen) atoms. The smallest absolute Gasteiger partial charge is 0.388 e. The number of carbonyl (C=O) groups excluding carboxylic acids is 1. The van der Waals surface area contributed by atoms with Crippen molar-refractivity contribution in [3.63, 3.8) is 0 Å². The number of hydrogen-bond acceptors (Lipinski definition) is 4. The van der Waals surface area contributed by atoms with E-state index < -0.39 is 17.3 Å². The highest BCUT2D eigenvalue weighted by atomic mass is 32.1. The molecule has 1 rings (SSSR count). The monoisotopic (exact) mass is 267 g/mol. The van der Waals surface area contributed by atoms with Crippen LogP contribution in [0.15, 0.2) is 0 Å². The van der Waals surface area contributed by atoms with Crippen LogP contribution in [0.3, 0.4) is 0 Å². The highest BCUT2D eigenvalue weighted by Gasteiger charge is 2.43. The van der Waals surface area contributed by atoms with Crippen molar-refractivity contribution in [1.82, 2.24) is 5.32 Å². The number of carbonyl (C=O) groups is 1. The summed E-state index contributed by atoms with van der Waals surface area (Å²) in [6.45, 7) is 7.81. The Hall–Kier alpha value is -0.360. The molecule has 1 N–H and O–H groups in total. The van der Waals surface area contributed by atoms with E-state index in [0.29, 0.717) is 12.8 Å². The molecule has 1 aliphatic rings. The van der Waals surface area contributed by atoms with Gasteiger partial charge in [-0.25, -0.2) is 4.79 Å². The number of nitrogens with one attached hydrogen (secondary N) is 1. The fourth-order valence-electron chi connectivity index (χ4n) is 2.53. The fraction of sp³-hybridized carbons (Fsp3) is 0.909. The van der Waals surface area contributed by atoms with E-state index in [2.05, 4.69) is 17.9 Å². The second kappa shape index (κ2) is 4.39. The Morgan fingerprint density at radius 3 is 2.06 bits per heavy atom. The highest BCUT2D eigenvalue weighted by molar-refractivity contribution is 7.82. The van der Waals surface area contributed by atoms with E-state index in [1.807, 2.05) is 27.7 Å². The van der Waals surface area contributed by atoms with Crippen molar-refractivity contribution in [3.05, 3.63) is 0 Å². The van der Waals surface area contributed by atoms with Gasteiger partial charge in [-0.3, -0.25) is 0 Å². The maximum Gasteiger partial charge on any atom is 0.388 e. The fourth-order valence-corrected chi connectivity index (χ4v) is 2.59. The van der Waals surface area contributed by atoms with Gasteiger partial charge in [-0.1, -0.05) is 12.6 Å². The molecule has 0 unspecified atom stereocenters. The minimum Gasteiger partial charge on any atom is -0.457 e. The van der Waals surface area contributed by atoms with Gasteiger partial charge in [0.05, 0.1) is 0 Å². The first-order valence-corrected chi connectivity index (χ1v) is 5.97. The SMILES string of the molecule is CC1(C)CC(OC(=O)C(F)(F)S)CC(C)(C)N1. The third-order valence-corrected chi connectivity index (χ3v) is 2.85. The molecule has 1 saturated heterocycles. The first-order chi connectivity index (χ1) is 7.41. The standard InChI is InChI=1S/C11H19F2NO2S/c1-9(2)5-7(6-10(3,4)14-9)16-8(15)11(12,13)17/h7,14,17H,5-6H2,1-4H3. The van der Waals surface area contributed by atoms with E-state index in [1.54, 1.807) is 0 Å². The molecule has 0 amide bonds. The van der Waals surface area contributed by atoms with E-state index in [1.165, 1.54) is 0 Å². The average molecular weight is 267 g/mol. The molecule has 0 spiro atoms. The van der Waals surface area contributed by atoms with E-state index in [0.717, 1.165) is 0 Å². The van der Waals surface area contributed by atoms with Gasteiger partial charge in [-0.05, 0) is 27.7 Å². The van der Waals surface area contributed by atoms with Crippen LogP contribution < -0.4 is 5.32 Å². The maximum absolute atomic E-state index is 12.6. The second-order valence-electron chi connectivity index (χ2n) is 5.87. The minimum atomic E-state index is -3.72. The summed E-state index contributed by atoms with van der Waals surface area (Å²) in [5, 5.41) is -0.347. The molecule has 100 valence electrons. The van der Waals surface area contributed by atoms with E-state index in [-0.39, 0.29) is 11.1 Å². The number of esters is 1. The van der Waals surface area contributed by atoms with Crippen LogP contribution in [0.2, 0.25) is 0 Å². The van der Waals surface area contributed by atoms with Crippen molar-refractivity contribution in [3.8, 4) is 0 Å². The third kappa shape index (κ3) is 4.43. The molecule has 1 aliphatic heterocycles. The topological polar surface area (TPSA) is 38.3 Å². The number of alkyl halides is 2. The van der Waals surface area contributed by atoms with Crippen LogP contribution in [-0.2, 0) is 9.53 Å². The zero-order valence-corrected chi connectivity index (χ0v) is 11.4. The highest BCUT2D eigenvalue weighted by Crippen LogP contribution is 2.32. The molecule has 0 radical (unpaired) electrons. The first kappa shape index (κ1) is 14.7. The summed E-state index contributed by atoms with van der Waals surface area (Å²) in [6, 6.07) is 0. The van der Waals surface area contributed by atoms with Gasteiger partial charge in [0.1, 0.15) is 6.10 Å². The van der Waals surface area contributed by atoms with Gasteiger partial charge in [0.25, 0.3) is 0 Å². The van der Waals surface area contributed by atoms with Gasteiger partial charge in [0.15, 0.2) is 0 Å². The van der Waals surface area contributed by atoms with Gasteiger partial charge >= 0.3 is 11.2 Å². The quantitative estimate of drug-likeness (QED) is 0.596. The van der Waals surface area contributed by atoms with Crippen LogP contribution in [0.25, 0.3) is 0 Å². The average Bonchev–Trinajstić information content (AvgIpc) is 1.94. The van der Waals surface area contributed by atoms with Gasteiger partial charge in [0, 0.05) is 23.9 Å². The van der Waals surface area contributed by atoms with E-state index in [4.69, 9.17) is 4.74 Å². The first-order valence-electron chi connectivity index (χ1n) is 5.52. The van der Waals surface area contributed by atoms with E-state index in [9.17, 15) is 13.6 Å². The maximum atomic E-state index is 12.6. The number of piperidine rings is 1. The summed E-state index contributed by atoms with van der Waals surface area (Å²) >= 11 is 2.91. The minimum absolute atomic E-state index is 0.251. The lowest BCUT2D eigenvalue weighted by Crippen LogP contribution is -2.60. The van der Waals surface area contributed by atoms with Crippen LogP contribution in [0.4, 0.5) is 8.78 Å². The normalized spacial score (nSPS) is 24.4. The third-order valence-electron chi connectivity index (χ3n) is 2.67. The summed E-state index contributed by atoms with van der Waals surface area (Å²) in [6.07, 6.45) is 0.504. The largest absolute Gasteiger partial charge is 0.457 e. The molecule has 3 nitrogen and oxygen atoms in total. The molecular formula is C11H19F2NO2S. The Morgan fingerprint density at radius 2 is 1.71 bits per heavy atom. The number of halogens is 2. The summed E-state index contributed by atoms with van der Waals surface area (Å²) in [4.78, 5) is 11.1. The summed E-state index contributed by atoms with van der Waals surface area (Å²) in [7, 11) is 0. The lowest BCUT2D eigenvalue weighted by molar-refractivity contribution is -0.169. The lowest BCUT2D eigenvalue weighted by atomic mass is 9.81. The van der Waals surface area contributed by atoms with Gasteiger partial charge < -0.3 is 10.1 Å². The molecular weight excluding hydrogens is 248 g/mol. The molecule has 1 heterocycles. The molecule has 1 fully saturated rings. The molecule has 0 atom stereocenters. The summed E-state index contributed by atoms with van der Waals surface area (Å²) < 4.78 is 30.1. The Kier molecular flexibility index (Phi) is 3.79. The van der Waals surface area contributed by atoms with Crippen molar-refractivity contribution in [2.45, 2.75) is 63.0 Å². The Morgan fingerprint density at radius 1 is 1.29 bits per heavy atom. The number of rotatable bonds is 2. The van der Waals surface area contributed by atoms with Crippen LogP contribution in [0, 0.1) is 0 Å². The summed E-state index contributed by atoms with van der Waals surface area (Å²) in [5.74, 6) is -1.57. The van der Waals surface area contributed by atoms with Crippen LogP contribution >= 0.6 is 12.6 Å². The van der Waals surface area contributed by atoms with Crippen LogP contribution in [-0.4, -0.2) is 28.4 Å². The van der Waals surface area contributed by atoms with Gasteiger partial charge in [0.2, 0.25) is 0 Å². The predicted molar refractivity (Wildman–Crippen MR) is 64.3 cm³/mol. The van der Waals surface area contributed by atoms with Crippen molar-refractivity contribution >= 4 is 18.6 Å². The van der Waals surface area contributed by atoms with Crippen molar-refractivity contribution in [2.24, 2.45) is 0 Å². The molecule has 0 aromatic heterocycles. The Labute approximate surface area is 106 Å². The van der Waals surface area contributed by atoms with Crippen LogP contribution in [0.1, 0.15) is 40.5 Å². The Bertz CT molecular complexity index is 297. The number of thiol groups is 1. The predicted octanol–water partition coefficient (Wildman–Crippen LogP) is 2.36. The molecule has 0 aromatic rings. The van der Waals surface area contributed by atoms with Crippen molar-refractivity contribution in [1.29, 1.82) is 0 Å². The van der Waals surface area contributed by atoms with E-state index >= 15 is 0 Å². The molecule has 0 bridgehead atoms. The lowest BCUT2D eigenvalue weighted by Gasteiger charge is -2.45. The molecule has 0 saturated carbocycles. The van der Waals surface area contributed by atoms with Crippen LogP contribution in [0.5, 0.6) is 0 Å². The number of ether oxygens (including phenoxy) is 1. The molecule has 6 heteroatoms. The molecule has 0 aliphatic carbocycles. The second-order valence-corrected chi connectivity index (χ2v) is 6.43. The zero-order valence-electron chi connectivity index (χ0n) is 10.5. The van der Waals surface area contributed by atoms with Gasteiger partial charge in [-0.15, -0.1) is 0 Å². The Balaban J connectivity index is 2.70. The van der Waals surface area contributed by atoms with Crippen molar-refractivity contribution in [2.75, 3.05) is 0 Å². The summed E-state index contributed by atoms with van der Waals surface area (Å²) in [5.41, 5.74) is -0.503. The zero-order chi connectivity index (χ0) is 13.5. The van der Waals surface area contributed by atoms with Crippen molar-refractivity contribution < 1.29 is 18.3 Å².